The van der Waals surface area contributed by atoms with Gasteiger partial charge in [0.25, 0.3) is 5.91 Å². The lowest BCUT2D eigenvalue weighted by Crippen LogP contribution is -2.46. The summed E-state index contributed by atoms with van der Waals surface area (Å²) >= 11 is 0. The first kappa shape index (κ1) is 17.5. The van der Waals surface area contributed by atoms with Crippen LogP contribution in [0.25, 0.3) is 5.65 Å². The van der Waals surface area contributed by atoms with Gasteiger partial charge in [-0.3, -0.25) is 9.20 Å². The molecule has 140 valence electrons. The predicted molar refractivity (Wildman–Crippen MR) is 109 cm³/mol. The average molecular weight is 363 g/mol. The number of fused-ring (bicyclic) bond motifs is 1. The van der Waals surface area contributed by atoms with Crippen molar-refractivity contribution < 1.29 is 4.79 Å². The molecule has 2 aromatic heterocycles. The van der Waals surface area contributed by atoms with E-state index < -0.39 is 0 Å². The zero-order chi connectivity index (χ0) is 18.8. The summed E-state index contributed by atoms with van der Waals surface area (Å²) in [5, 5.41) is 3.02. The summed E-state index contributed by atoms with van der Waals surface area (Å²) in [6.45, 7) is 9.47. The van der Waals surface area contributed by atoms with Gasteiger partial charge in [0.1, 0.15) is 11.3 Å². The lowest BCUT2D eigenvalue weighted by molar-refractivity contribution is 0.102. The first-order chi connectivity index (χ1) is 13.2. The Bertz CT molecular complexity index is 956. The number of piperazine rings is 1. The zero-order valence-electron chi connectivity index (χ0n) is 15.9. The monoisotopic (exact) mass is 363 g/mol. The molecule has 1 aliphatic rings. The van der Waals surface area contributed by atoms with E-state index in [0.29, 0.717) is 5.69 Å². The lowest BCUT2D eigenvalue weighted by Gasteiger charge is -2.35. The molecule has 0 spiro atoms. The summed E-state index contributed by atoms with van der Waals surface area (Å²) in [6.07, 6.45) is 3.50. The normalized spacial score (nSPS) is 15.3. The fourth-order valence-electron chi connectivity index (χ4n) is 3.62. The van der Waals surface area contributed by atoms with Gasteiger partial charge < -0.3 is 15.1 Å². The number of amides is 1. The van der Waals surface area contributed by atoms with Crippen molar-refractivity contribution in [3.8, 4) is 0 Å². The summed E-state index contributed by atoms with van der Waals surface area (Å²) in [4.78, 5) is 22.0. The van der Waals surface area contributed by atoms with Crippen molar-refractivity contribution in [1.82, 2.24) is 14.3 Å². The number of aryl methyl sites for hydroxylation is 1. The van der Waals surface area contributed by atoms with Crippen molar-refractivity contribution in [1.29, 1.82) is 0 Å². The molecule has 0 aliphatic carbocycles. The van der Waals surface area contributed by atoms with Gasteiger partial charge in [-0.15, -0.1) is 0 Å². The van der Waals surface area contributed by atoms with E-state index in [9.17, 15) is 4.79 Å². The number of anilines is 2. The SMILES string of the molecule is CCN1CCN(c2cccc(NC(=O)c3cnc4c(C)cccn34)c2)CC1. The molecular formula is C21H25N5O. The molecule has 1 aliphatic heterocycles. The van der Waals surface area contributed by atoms with Gasteiger partial charge in [0.2, 0.25) is 0 Å². The van der Waals surface area contributed by atoms with Crippen LogP contribution in [0.15, 0.2) is 48.8 Å². The third-order valence-corrected chi connectivity index (χ3v) is 5.25. The molecule has 27 heavy (non-hydrogen) atoms. The highest BCUT2D eigenvalue weighted by Gasteiger charge is 2.17. The second-order valence-corrected chi connectivity index (χ2v) is 6.95. The highest BCUT2D eigenvalue weighted by atomic mass is 16.1. The van der Waals surface area contributed by atoms with Crippen molar-refractivity contribution in [2.24, 2.45) is 0 Å². The van der Waals surface area contributed by atoms with Crippen LogP contribution >= 0.6 is 0 Å². The minimum Gasteiger partial charge on any atom is -0.369 e. The second-order valence-electron chi connectivity index (χ2n) is 6.95. The molecule has 1 fully saturated rings. The minimum atomic E-state index is -0.152. The quantitative estimate of drug-likeness (QED) is 0.774. The minimum absolute atomic E-state index is 0.152. The molecule has 0 unspecified atom stereocenters. The number of pyridine rings is 1. The molecule has 6 nitrogen and oxygen atoms in total. The van der Waals surface area contributed by atoms with E-state index in [0.717, 1.165) is 55.3 Å². The summed E-state index contributed by atoms with van der Waals surface area (Å²) in [6, 6.07) is 12.0. The van der Waals surface area contributed by atoms with Crippen LogP contribution in [0.3, 0.4) is 0 Å². The van der Waals surface area contributed by atoms with Crippen LogP contribution in [0.1, 0.15) is 23.0 Å². The first-order valence-electron chi connectivity index (χ1n) is 9.47. The molecule has 1 aromatic carbocycles. The number of nitrogens with one attached hydrogen (secondary N) is 1. The van der Waals surface area contributed by atoms with Crippen LogP contribution in [-0.2, 0) is 0 Å². The number of hydrogen-bond acceptors (Lipinski definition) is 4. The number of nitrogens with zero attached hydrogens (tertiary/aromatic N) is 4. The molecule has 3 aromatic rings. The molecule has 0 saturated carbocycles. The van der Waals surface area contributed by atoms with Crippen molar-refractivity contribution in [3.05, 3.63) is 60.0 Å². The van der Waals surface area contributed by atoms with Crippen LogP contribution in [0.4, 0.5) is 11.4 Å². The molecule has 0 radical (unpaired) electrons. The van der Waals surface area contributed by atoms with Gasteiger partial charge in [-0.2, -0.15) is 0 Å². The van der Waals surface area contributed by atoms with E-state index in [1.807, 2.05) is 47.9 Å². The fourth-order valence-corrected chi connectivity index (χ4v) is 3.62. The highest BCUT2D eigenvalue weighted by molar-refractivity contribution is 6.03. The van der Waals surface area contributed by atoms with E-state index in [1.54, 1.807) is 6.20 Å². The number of carbonyl (C=O) groups excluding carboxylic acids is 1. The van der Waals surface area contributed by atoms with Gasteiger partial charge in [-0.25, -0.2) is 4.98 Å². The molecule has 1 N–H and O–H groups in total. The Hall–Kier alpha value is -2.86. The van der Waals surface area contributed by atoms with Crippen LogP contribution < -0.4 is 10.2 Å². The van der Waals surface area contributed by atoms with Crippen LogP contribution in [0, 0.1) is 6.92 Å². The first-order valence-corrected chi connectivity index (χ1v) is 9.47. The number of aromatic nitrogens is 2. The molecule has 4 rings (SSSR count). The second kappa shape index (κ2) is 7.40. The number of imidazole rings is 1. The van der Waals surface area contributed by atoms with Gasteiger partial charge in [0.15, 0.2) is 0 Å². The Morgan fingerprint density at radius 2 is 1.96 bits per heavy atom. The smallest absolute Gasteiger partial charge is 0.274 e. The Morgan fingerprint density at radius 1 is 1.15 bits per heavy atom. The van der Waals surface area contributed by atoms with E-state index in [1.165, 1.54) is 0 Å². The maximum atomic E-state index is 12.8. The third kappa shape index (κ3) is 3.53. The molecule has 0 atom stereocenters. The molecular weight excluding hydrogens is 338 g/mol. The maximum Gasteiger partial charge on any atom is 0.274 e. The molecule has 0 bridgehead atoms. The molecule has 6 heteroatoms. The number of carbonyl (C=O) groups is 1. The van der Waals surface area contributed by atoms with E-state index >= 15 is 0 Å². The highest BCUT2D eigenvalue weighted by Crippen LogP contribution is 2.22. The summed E-state index contributed by atoms with van der Waals surface area (Å²) in [5.41, 5.74) is 4.35. The number of hydrogen-bond donors (Lipinski definition) is 1. The molecule has 1 amide bonds. The average Bonchev–Trinajstić information content (AvgIpc) is 3.14. The Morgan fingerprint density at radius 3 is 2.74 bits per heavy atom. The van der Waals surface area contributed by atoms with Crippen molar-refractivity contribution >= 4 is 22.9 Å². The van der Waals surface area contributed by atoms with Crippen LogP contribution in [0.2, 0.25) is 0 Å². The number of benzene rings is 1. The number of rotatable bonds is 4. The molecule has 1 saturated heterocycles. The zero-order valence-corrected chi connectivity index (χ0v) is 15.9. The van der Waals surface area contributed by atoms with E-state index in [-0.39, 0.29) is 5.91 Å². The number of likely N-dealkylation sites (N-methyl/N-ethyl adjacent to an activating group) is 1. The Balaban J connectivity index is 1.51. The third-order valence-electron chi connectivity index (χ3n) is 5.25. The summed E-state index contributed by atoms with van der Waals surface area (Å²) < 4.78 is 1.83. The fraction of sp³-hybridized carbons (Fsp3) is 0.333. The van der Waals surface area contributed by atoms with E-state index in [2.05, 4.69) is 33.1 Å². The Kier molecular flexibility index (Phi) is 4.81. The predicted octanol–water partition coefficient (Wildman–Crippen LogP) is 3.04. The molecule has 3 heterocycles. The summed E-state index contributed by atoms with van der Waals surface area (Å²) in [7, 11) is 0. The van der Waals surface area contributed by atoms with Crippen molar-refractivity contribution in [2.75, 3.05) is 42.9 Å². The summed E-state index contributed by atoms with van der Waals surface area (Å²) in [5.74, 6) is -0.152. The van der Waals surface area contributed by atoms with Gasteiger partial charge in [0, 0.05) is 43.8 Å². The maximum absolute atomic E-state index is 12.8. The van der Waals surface area contributed by atoms with Gasteiger partial charge in [-0.1, -0.05) is 19.1 Å². The van der Waals surface area contributed by atoms with Crippen molar-refractivity contribution in [2.45, 2.75) is 13.8 Å². The van der Waals surface area contributed by atoms with Crippen molar-refractivity contribution in [3.63, 3.8) is 0 Å². The topological polar surface area (TPSA) is 52.9 Å². The largest absolute Gasteiger partial charge is 0.369 e. The van der Waals surface area contributed by atoms with Crippen LogP contribution in [-0.4, -0.2) is 52.9 Å². The van der Waals surface area contributed by atoms with Gasteiger partial charge >= 0.3 is 0 Å². The lowest BCUT2D eigenvalue weighted by atomic mass is 10.2. The van der Waals surface area contributed by atoms with E-state index in [4.69, 9.17) is 0 Å². The van der Waals surface area contributed by atoms with Gasteiger partial charge in [-0.05, 0) is 43.3 Å². The Labute approximate surface area is 159 Å². The van der Waals surface area contributed by atoms with Gasteiger partial charge in [0.05, 0.1) is 6.20 Å². The van der Waals surface area contributed by atoms with Crippen LogP contribution in [0.5, 0.6) is 0 Å². The standard InChI is InChI=1S/C21H25N5O/c1-3-24-10-12-25(13-11-24)18-8-4-7-17(14-18)23-21(27)19-15-22-20-16(2)6-5-9-26(19)20/h4-9,14-15H,3,10-13H2,1-2H3,(H,23,27).